The summed E-state index contributed by atoms with van der Waals surface area (Å²) in [5.74, 6) is 1.53. The van der Waals surface area contributed by atoms with Gasteiger partial charge in [0.25, 0.3) is 0 Å². The lowest BCUT2D eigenvalue weighted by atomic mass is 9.96. The summed E-state index contributed by atoms with van der Waals surface area (Å²) >= 11 is 6.04. The molecule has 0 saturated heterocycles. The average Bonchev–Trinajstić information content (AvgIpc) is 2.66. The van der Waals surface area contributed by atoms with Gasteiger partial charge in [0, 0.05) is 17.6 Å². The van der Waals surface area contributed by atoms with E-state index in [-0.39, 0.29) is 12.4 Å². The van der Waals surface area contributed by atoms with Crippen LogP contribution in [0.15, 0.2) is 42.5 Å². The number of ether oxygens (including phenoxy) is 2. The van der Waals surface area contributed by atoms with E-state index in [9.17, 15) is 0 Å². The van der Waals surface area contributed by atoms with Crippen LogP contribution in [-0.4, -0.2) is 13.2 Å². The highest BCUT2D eigenvalue weighted by Gasteiger charge is 2.12. The summed E-state index contributed by atoms with van der Waals surface area (Å²) in [6.07, 6.45) is 9.43. The zero-order valence-electron chi connectivity index (χ0n) is 16.6. The topological polar surface area (TPSA) is 30.5 Å². The molecule has 1 aliphatic rings. The first kappa shape index (κ1) is 22.9. The standard InChI is InChI=1S/C23H30ClNO2.ClH/c1-26-23-15-18(16-25-21-10-5-3-2-4-6-11-21)12-13-22(23)27-17-19-8-7-9-20(24)14-19;/h7-9,12-15,21,25H,2-6,10-11,16-17H2,1H3;1H. The van der Waals surface area contributed by atoms with Gasteiger partial charge in [-0.2, -0.15) is 0 Å². The van der Waals surface area contributed by atoms with Crippen molar-refractivity contribution in [1.29, 1.82) is 0 Å². The van der Waals surface area contributed by atoms with E-state index in [0.29, 0.717) is 12.6 Å². The third-order valence-corrected chi connectivity index (χ3v) is 5.45. The Kier molecular flexibility index (Phi) is 9.97. The van der Waals surface area contributed by atoms with Crippen LogP contribution in [0.25, 0.3) is 0 Å². The second-order valence-corrected chi connectivity index (χ2v) is 7.76. The van der Waals surface area contributed by atoms with Crippen LogP contribution in [0.4, 0.5) is 0 Å². The minimum atomic E-state index is 0. The zero-order chi connectivity index (χ0) is 18.9. The molecule has 0 radical (unpaired) electrons. The predicted octanol–water partition coefficient (Wildman–Crippen LogP) is 6.55. The Morgan fingerprint density at radius 1 is 0.929 bits per heavy atom. The van der Waals surface area contributed by atoms with Crippen molar-refractivity contribution >= 4 is 24.0 Å². The molecular formula is C23H31Cl2NO2. The molecule has 1 N–H and O–H groups in total. The molecule has 0 atom stereocenters. The molecule has 154 valence electrons. The summed E-state index contributed by atoms with van der Waals surface area (Å²) in [7, 11) is 1.69. The molecule has 0 amide bonds. The molecule has 3 nitrogen and oxygen atoms in total. The smallest absolute Gasteiger partial charge is 0.161 e. The van der Waals surface area contributed by atoms with Crippen LogP contribution in [0.2, 0.25) is 5.02 Å². The Morgan fingerprint density at radius 2 is 1.68 bits per heavy atom. The minimum absolute atomic E-state index is 0. The molecule has 0 aromatic heterocycles. The van der Waals surface area contributed by atoms with Crippen LogP contribution in [-0.2, 0) is 13.2 Å². The molecule has 1 fully saturated rings. The Balaban J connectivity index is 0.00000280. The number of benzene rings is 2. The van der Waals surface area contributed by atoms with E-state index in [0.717, 1.165) is 28.6 Å². The quantitative estimate of drug-likeness (QED) is 0.547. The van der Waals surface area contributed by atoms with Crippen LogP contribution in [0.1, 0.15) is 56.1 Å². The van der Waals surface area contributed by atoms with Crippen LogP contribution in [0, 0.1) is 0 Å². The normalized spacial score (nSPS) is 15.2. The van der Waals surface area contributed by atoms with Gasteiger partial charge in [0.1, 0.15) is 6.61 Å². The second kappa shape index (κ2) is 12.2. The summed E-state index contributed by atoms with van der Waals surface area (Å²) in [5, 5.41) is 4.45. The van der Waals surface area contributed by atoms with Gasteiger partial charge in [0.2, 0.25) is 0 Å². The highest BCUT2D eigenvalue weighted by molar-refractivity contribution is 6.30. The average molecular weight is 424 g/mol. The van der Waals surface area contributed by atoms with Gasteiger partial charge < -0.3 is 14.8 Å². The number of hydrogen-bond acceptors (Lipinski definition) is 3. The molecule has 3 rings (SSSR count). The van der Waals surface area contributed by atoms with Gasteiger partial charge in [-0.3, -0.25) is 0 Å². The van der Waals surface area contributed by atoms with Crippen molar-refractivity contribution in [2.24, 2.45) is 0 Å². The lowest BCUT2D eigenvalue weighted by Gasteiger charge is -2.21. The number of nitrogens with one attached hydrogen (secondary N) is 1. The Labute approximate surface area is 180 Å². The highest BCUT2D eigenvalue weighted by Crippen LogP contribution is 2.29. The summed E-state index contributed by atoms with van der Waals surface area (Å²) in [6, 6.07) is 14.5. The number of methoxy groups -OCH3 is 1. The first-order chi connectivity index (χ1) is 13.2. The fourth-order valence-corrected chi connectivity index (χ4v) is 3.86. The van der Waals surface area contributed by atoms with E-state index in [1.807, 2.05) is 30.3 Å². The molecular weight excluding hydrogens is 393 g/mol. The Morgan fingerprint density at radius 3 is 2.39 bits per heavy atom. The number of hydrogen-bond donors (Lipinski definition) is 1. The molecule has 1 aliphatic carbocycles. The molecule has 0 spiro atoms. The summed E-state index contributed by atoms with van der Waals surface area (Å²) in [4.78, 5) is 0. The van der Waals surface area contributed by atoms with Crippen molar-refractivity contribution in [2.45, 2.75) is 64.1 Å². The molecule has 2 aromatic rings. The molecule has 1 saturated carbocycles. The maximum absolute atomic E-state index is 6.04. The zero-order valence-corrected chi connectivity index (χ0v) is 18.2. The molecule has 0 unspecified atom stereocenters. The molecule has 28 heavy (non-hydrogen) atoms. The van der Waals surface area contributed by atoms with E-state index < -0.39 is 0 Å². The molecule has 5 heteroatoms. The number of rotatable bonds is 7. The van der Waals surface area contributed by atoms with Crippen molar-refractivity contribution in [3.8, 4) is 11.5 Å². The van der Waals surface area contributed by atoms with E-state index in [1.165, 1.54) is 50.5 Å². The molecule has 0 bridgehead atoms. The predicted molar refractivity (Wildman–Crippen MR) is 119 cm³/mol. The van der Waals surface area contributed by atoms with E-state index in [4.69, 9.17) is 21.1 Å². The molecule has 2 aromatic carbocycles. The second-order valence-electron chi connectivity index (χ2n) is 7.33. The number of halogens is 2. The Hall–Kier alpha value is -1.42. The fraction of sp³-hybridized carbons (Fsp3) is 0.478. The van der Waals surface area contributed by atoms with Gasteiger partial charge in [-0.05, 0) is 48.2 Å². The summed E-state index contributed by atoms with van der Waals surface area (Å²) in [6.45, 7) is 1.34. The van der Waals surface area contributed by atoms with E-state index in [2.05, 4.69) is 17.4 Å². The minimum Gasteiger partial charge on any atom is -0.493 e. The molecule has 0 heterocycles. The van der Waals surface area contributed by atoms with E-state index in [1.54, 1.807) is 7.11 Å². The van der Waals surface area contributed by atoms with Crippen LogP contribution >= 0.6 is 24.0 Å². The van der Waals surface area contributed by atoms with Gasteiger partial charge in [0.15, 0.2) is 11.5 Å². The third-order valence-electron chi connectivity index (χ3n) is 5.21. The van der Waals surface area contributed by atoms with Gasteiger partial charge in [0.05, 0.1) is 7.11 Å². The first-order valence-electron chi connectivity index (χ1n) is 10.0. The van der Waals surface area contributed by atoms with Crippen molar-refractivity contribution in [3.63, 3.8) is 0 Å². The molecule has 0 aliphatic heterocycles. The Bertz CT molecular complexity index is 715. The highest BCUT2D eigenvalue weighted by atomic mass is 35.5. The fourth-order valence-electron chi connectivity index (χ4n) is 3.65. The van der Waals surface area contributed by atoms with Gasteiger partial charge >= 0.3 is 0 Å². The SMILES string of the molecule is COc1cc(CNC2CCCCCCC2)ccc1OCc1cccc(Cl)c1.Cl. The van der Waals surface area contributed by atoms with Gasteiger partial charge in [-0.25, -0.2) is 0 Å². The van der Waals surface area contributed by atoms with Crippen LogP contribution < -0.4 is 14.8 Å². The summed E-state index contributed by atoms with van der Waals surface area (Å²) < 4.78 is 11.5. The monoisotopic (exact) mass is 423 g/mol. The lowest BCUT2D eigenvalue weighted by Crippen LogP contribution is -2.29. The maximum Gasteiger partial charge on any atom is 0.161 e. The van der Waals surface area contributed by atoms with Gasteiger partial charge in [-0.15, -0.1) is 12.4 Å². The largest absolute Gasteiger partial charge is 0.493 e. The van der Waals surface area contributed by atoms with Crippen molar-refractivity contribution in [1.82, 2.24) is 5.32 Å². The van der Waals surface area contributed by atoms with Gasteiger partial charge in [-0.1, -0.05) is 61.9 Å². The maximum atomic E-state index is 6.04. The first-order valence-corrected chi connectivity index (χ1v) is 10.4. The summed E-state index contributed by atoms with van der Waals surface area (Å²) in [5.41, 5.74) is 2.27. The third kappa shape index (κ3) is 7.20. The van der Waals surface area contributed by atoms with Crippen molar-refractivity contribution in [3.05, 3.63) is 58.6 Å². The van der Waals surface area contributed by atoms with Crippen LogP contribution in [0.5, 0.6) is 11.5 Å². The van der Waals surface area contributed by atoms with Crippen LogP contribution in [0.3, 0.4) is 0 Å². The van der Waals surface area contributed by atoms with E-state index >= 15 is 0 Å². The van der Waals surface area contributed by atoms with Crippen molar-refractivity contribution < 1.29 is 9.47 Å². The van der Waals surface area contributed by atoms with Crippen molar-refractivity contribution in [2.75, 3.05) is 7.11 Å². The lowest BCUT2D eigenvalue weighted by molar-refractivity contribution is 0.284.